The first-order valence-corrected chi connectivity index (χ1v) is 24.1. The van der Waals surface area contributed by atoms with E-state index in [0.717, 1.165) is 67.8 Å². The molecule has 8 heteroatoms. The quantitative estimate of drug-likeness (QED) is 0.0350. The summed E-state index contributed by atoms with van der Waals surface area (Å²) in [5.41, 5.74) is 7.06. The van der Waals surface area contributed by atoms with E-state index in [1.54, 1.807) is 26.4 Å². The first-order chi connectivity index (χ1) is 33.8. The number of methoxy groups -OCH3 is 2. The Kier molecular flexibility index (Phi) is 11.6. The Morgan fingerprint density at radius 3 is 1.44 bits per heavy atom. The second-order valence-corrected chi connectivity index (χ2v) is 21.5. The maximum atomic E-state index is 13.9. The van der Waals surface area contributed by atoms with Crippen LogP contribution in [-0.2, 0) is 15.6 Å². The minimum atomic E-state index is -0.750. The lowest BCUT2D eigenvalue weighted by Gasteiger charge is -2.34. The molecule has 0 radical (unpaired) electrons. The van der Waals surface area contributed by atoms with Crippen molar-refractivity contribution in [2.24, 2.45) is 5.41 Å². The number of carbonyl (C=O) groups excluding carboxylic acids is 2. The summed E-state index contributed by atoms with van der Waals surface area (Å²) >= 11 is 0. The Hall–Kier alpha value is -7.84. The van der Waals surface area contributed by atoms with Crippen LogP contribution in [0, 0.1) is 5.41 Å². The molecular formula is C63H59NO7. The number of rotatable bonds is 14. The molecule has 1 heterocycles. The summed E-state index contributed by atoms with van der Waals surface area (Å²) in [6, 6.07) is 46.6. The Bertz CT molecular complexity index is 3420. The van der Waals surface area contributed by atoms with Crippen LogP contribution in [0.25, 0.3) is 43.1 Å². The highest BCUT2D eigenvalue weighted by Crippen LogP contribution is 2.54. The minimum absolute atomic E-state index is 0.0501. The molecule has 0 atom stereocenters. The zero-order valence-corrected chi connectivity index (χ0v) is 42.2. The first kappa shape index (κ1) is 46.9. The molecule has 1 aliphatic heterocycles. The van der Waals surface area contributed by atoms with Gasteiger partial charge in [0, 0.05) is 38.3 Å². The van der Waals surface area contributed by atoms with Crippen molar-refractivity contribution in [3.63, 3.8) is 0 Å². The summed E-state index contributed by atoms with van der Waals surface area (Å²) in [5, 5.41) is 6.25. The molecule has 1 aliphatic rings. The summed E-state index contributed by atoms with van der Waals surface area (Å²) in [5.74, 6) is 1.74. The molecule has 0 aliphatic carbocycles. The minimum Gasteiger partial charge on any atom is -0.497 e. The van der Waals surface area contributed by atoms with E-state index in [2.05, 4.69) is 146 Å². The predicted octanol–water partition coefficient (Wildman–Crippen LogP) is 17.1. The van der Waals surface area contributed by atoms with Gasteiger partial charge in [-0.1, -0.05) is 103 Å². The van der Waals surface area contributed by atoms with E-state index in [-0.39, 0.29) is 27.4 Å². The molecule has 0 saturated heterocycles. The topological polar surface area (TPSA) is 83.5 Å². The number of allylic oxidation sites excluding steroid dienone is 1. The Morgan fingerprint density at radius 1 is 0.521 bits per heavy atom. The van der Waals surface area contributed by atoms with Crippen LogP contribution in [-0.4, -0.2) is 26.2 Å². The molecule has 71 heavy (non-hydrogen) atoms. The van der Waals surface area contributed by atoms with E-state index < -0.39 is 11.9 Å². The van der Waals surface area contributed by atoms with Gasteiger partial charge in [-0.2, -0.15) is 0 Å². The number of hydrogen-bond donors (Lipinski definition) is 0. The number of esters is 2. The molecule has 10 rings (SSSR count). The number of carbonyl (C=O) groups is 2. The van der Waals surface area contributed by atoms with Crippen molar-refractivity contribution in [3.8, 4) is 34.5 Å². The molecule has 0 aromatic heterocycles. The molecule has 0 saturated carbocycles. The van der Waals surface area contributed by atoms with Crippen LogP contribution in [0.15, 0.2) is 152 Å². The molecule has 9 aromatic rings. The van der Waals surface area contributed by atoms with Gasteiger partial charge in [0.1, 0.15) is 34.5 Å². The van der Waals surface area contributed by atoms with Crippen molar-refractivity contribution < 1.29 is 33.3 Å². The van der Waals surface area contributed by atoms with E-state index in [0.29, 0.717) is 45.3 Å². The molecule has 0 spiro atoms. The van der Waals surface area contributed by atoms with E-state index in [1.807, 2.05) is 48.5 Å². The van der Waals surface area contributed by atoms with Crippen molar-refractivity contribution in [2.75, 3.05) is 19.1 Å². The molecule has 0 bridgehead atoms. The van der Waals surface area contributed by atoms with Gasteiger partial charge < -0.3 is 28.6 Å². The van der Waals surface area contributed by atoms with Gasteiger partial charge in [-0.25, -0.2) is 9.59 Å². The lowest BCUT2D eigenvalue weighted by Crippen LogP contribution is -2.24. The molecule has 0 amide bonds. The van der Waals surface area contributed by atoms with Crippen molar-refractivity contribution >= 4 is 72.1 Å². The van der Waals surface area contributed by atoms with Crippen LogP contribution in [0.2, 0.25) is 0 Å². The van der Waals surface area contributed by atoms with E-state index in [9.17, 15) is 9.59 Å². The fraction of sp³-hybridized carbons (Fsp3) is 0.238. The number of benzene rings is 9. The number of nitrogens with zero attached hydrogens (tertiary/aromatic N) is 1. The van der Waals surface area contributed by atoms with Crippen LogP contribution in [0.3, 0.4) is 0 Å². The third kappa shape index (κ3) is 8.56. The summed E-state index contributed by atoms with van der Waals surface area (Å²) in [4.78, 5) is 30.0. The number of cyclic esters (lactones) is 2. The second-order valence-electron chi connectivity index (χ2n) is 21.5. The lowest BCUT2D eigenvalue weighted by molar-refractivity contribution is 0.0390. The Morgan fingerprint density at radius 2 is 0.972 bits per heavy atom. The van der Waals surface area contributed by atoms with Gasteiger partial charge in [-0.15, -0.1) is 6.58 Å². The maximum Gasteiger partial charge on any atom is 0.346 e. The van der Waals surface area contributed by atoms with Crippen molar-refractivity contribution in [1.29, 1.82) is 0 Å². The predicted molar refractivity (Wildman–Crippen MR) is 288 cm³/mol. The highest BCUT2D eigenvalue weighted by atomic mass is 16.6. The van der Waals surface area contributed by atoms with Crippen LogP contribution in [0.1, 0.15) is 100 Å². The number of fused-ring (bicyclic) bond motifs is 2. The van der Waals surface area contributed by atoms with E-state index in [1.165, 1.54) is 11.1 Å². The van der Waals surface area contributed by atoms with Crippen LogP contribution in [0.5, 0.6) is 34.5 Å². The fourth-order valence-corrected chi connectivity index (χ4v) is 11.2. The second kappa shape index (κ2) is 17.5. The summed E-state index contributed by atoms with van der Waals surface area (Å²) in [6.07, 6.45) is 1.90. The standard InChI is InChI=1S/C63H59NO7/c1-37(2)35-62(6,7)38-15-19-40(20-16-38)64(41-21-17-39(18-22-41)63(8,9)36-61(3,4)5)51-32-31-48-54-46(51)13-12-14-47(54)56-52(69-44-27-23-42(67-10)24-28-44)33-49-55-50(60(66)71-59(49)65)34-53(57(48)58(55)56)70-45-29-25-43(68-11)26-30-45/h12-34H,1,35-36H2,2-11H3. The average molecular weight is 942 g/mol. The fourth-order valence-electron chi connectivity index (χ4n) is 11.2. The average Bonchev–Trinajstić information content (AvgIpc) is 3.33. The number of ether oxygens (including phenoxy) is 5. The van der Waals surface area contributed by atoms with Crippen LogP contribution >= 0.6 is 0 Å². The largest absolute Gasteiger partial charge is 0.497 e. The Labute approximate surface area is 415 Å². The highest BCUT2D eigenvalue weighted by Gasteiger charge is 2.35. The SMILES string of the molecule is C=C(C)CC(C)(C)c1ccc(N(c2ccc(C(C)(C)CC(C)(C)C)cc2)c2ccc3c4c(Oc5ccc(OC)cc5)cc5c6c(cc(Oc7ccc(OC)cc7)c(c7cccc2c73)c64)C(=O)OC5=O)cc1. The van der Waals surface area contributed by atoms with Crippen molar-refractivity contribution in [2.45, 2.75) is 79.1 Å². The molecule has 0 unspecified atom stereocenters. The highest BCUT2D eigenvalue weighted by molar-refractivity contribution is 6.40. The number of anilines is 3. The van der Waals surface area contributed by atoms with Gasteiger partial charge in [0.15, 0.2) is 0 Å². The van der Waals surface area contributed by atoms with Gasteiger partial charge in [0.2, 0.25) is 0 Å². The van der Waals surface area contributed by atoms with Crippen LogP contribution < -0.4 is 23.8 Å². The molecular weight excluding hydrogens is 883 g/mol. The third-order valence-corrected chi connectivity index (χ3v) is 13.9. The van der Waals surface area contributed by atoms with Crippen molar-refractivity contribution in [3.05, 3.63) is 174 Å². The summed E-state index contributed by atoms with van der Waals surface area (Å²) < 4.78 is 30.0. The van der Waals surface area contributed by atoms with E-state index >= 15 is 0 Å². The normalized spacial score (nSPS) is 13.0. The third-order valence-electron chi connectivity index (χ3n) is 13.9. The van der Waals surface area contributed by atoms with Gasteiger partial charge in [-0.05, 0) is 154 Å². The van der Waals surface area contributed by atoms with Crippen molar-refractivity contribution in [1.82, 2.24) is 0 Å². The van der Waals surface area contributed by atoms with Gasteiger partial charge >= 0.3 is 11.9 Å². The zero-order valence-electron chi connectivity index (χ0n) is 42.2. The molecule has 0 N–H and O–H groups in total. The molecule has 0 fully saturated rings. The lowest BCUT2D eigenvalue weighted by atomic mass is 9.72. The van der Waals surface area contributed by atoms with Gasteiger partial charge in [-0.3, -0.25) is 0 Å². The van der Waals surface area contributed by atoms with Gasteiger partial charge in [0.25, 0.3) is 0 Å². The monoisotopic (exact) mass is 941 g/mol. The maximum absolute atomic E-state index is 13.9. The Balaban J connectivity index is 1.27. The molecule has 8 nitrogen and oxygen atoms in total. The summed E-state index contributed by atoms with van der Waals surface area (Å²) in [6.45, 7) is 22.4. The van der Waals surface area contributed by atoms with Gasteiger partial charge in [0.05, 0.1) is 31.0 Å². The molecule has 9 aromatic carbocycles. The summed E-state index contributed by atoms with van der Waals surface area (Å²) in [7, 11) is 3.23. The zero-order chi connectivity index (χ0) is 50.1. The van der Waals surface area contributed by atoms with Crippen LogP contribution in [0.4, 0.5) is 17.1 Å². The number of hydrogen-bond acceptors (Lipinski definition) is 8. The first-order valence-electron chi connectivity index (χ1n) is 24.1. The molecule has 358 valence electrons. The van der Waals surface area contributed by atoms with E-state index in [4.69, 9.17) is 23.7 Å². The smallest absolute Gasteiger partial charge is 0.346 e.